The molecule has 1 fully saturated rings. The van der Waals surface area contributed by atoms with Gasteiger partial charge < -0.3 is 14.3 Å². The second-order valence-electron chi connectivity index (χ2n) is 6.55. The van der Waals surface area contributed by atoms with E-state index in [4.69, 9.17) is 4.52 Å². The van der Waals surface area contributed by atoms with E-state index in [9.17, 15) is 9.18 Å². The predicted molar refractivity (Wildman–Crippen MR) is 104 cm³/mol. The fourth-order valence-corrected chi connectivity index (χ4v) is 3.84. The van der Waals surface area contributed by atoms with Crippen molar-refractivity contribution in [2.24, 2.45) is 0 Å². The number of amides is 1. The molecule has 3 aromatic rings. The molecule has 0 radical (unpaired) electrons. The second-order valence-corrected chi connectivity index (χ2v) is 7.43. The third kappa shape index (κ3) is 4.36. The van der Waals surface area contributed by atoms with Gasteiger partial charge in [-0.2, -0.15) is 4.98 Å². The van der Waals surface area contributed by atoms with Crippen LogP contribution in [0.3, 0.4) is 0 Å². The minimum Gasteiger partial charge on any atom is -0.345 e. The van der Waals surface area contributed by atoms with Crippen LogP contribution in [0, 0.1) is 5.82 Å². The molecule has 1 aromatic carbocycles. The summed E-state index contributed by atoms with van der Waals surface area (Å²) in [5.41, 5.74) is 0.700. The van der Waals surface area contributed by atoms with Gasteiger partial charge in [-0.05, 0) is 30.7 Å². The van der Waals surface area contributed by atoms with Gasteiger partial charge in [0.05, 0.1) is 0 Å². The lowest BCUT2D eigenvalue weighted by molar-refractivity contribution is -0.131. The standard InChI is InChI=1S/C19H20FN5O2S/c20-15-6-4-14(5-7-15)18-22-16(27-23-18)2-1-3-17(26)24-9-11-25(12-10-24)19-21-8-13-28-19/h4-8,13H,1-3,9-12H2. The quantitative estimate of drug-likeness (QED) is 0.632. The van der Waals surface area contributed by atoms with E-state index in [1.165, 1.54) is 12.1 Å². The Kier molecular flexibility index (Phi) is 5.61. The van der Waals surface area contributed by atoms with Gasteiger partial charge in [-0.1, -0.05) is 5.16 Å². The summed E-state index contributed by atoms with van der Waals surface area (Å²) in [6.45, 7) is 3.05. The first kappa shape index (κ1) is 18.5. The molecular formula is C19H20FN5O2S. The number of benzene rings is 1. The zero-order chi connectivity index (χ0) is 19.3. The first-order valence-electron chi connectivity index (χ1n) is 9.20. The number of rotatable bonds is 6. The molecule has 4 rings (SSSR count). The molecule has 0 spiro atoms. The Hall–Kier alpha value is -2.81. The SMILES string of the molecule is O=C(CCCc1nc(-c2ccc(F)cc2)no1)N1CCN(c2nccs2)CC1. The number of aromatic nitrogens is 3. The van der Waals surface area contributed by atoms with Crippen molar-refractivity contribution in [1.82, 2.24) is 20.0 Å². The maximum absolute atomic E-state index is 13.0. The van der Waals surface area contributed by atoms with Crippen LogP contribution in [-0.2, 0) is 11.2 Å². The van der Waals surface area contributed by atoms with E-state index < -0.39 is 0 Å². The molecule has 0 aliphatic carbocycles. The lowest BCUT2D eigenvalue weighted by Crippen LogP contribution is -2.48. The molecule has 146 valence electrons. The highest BCUT2D eigenvalue weighted by atomic mass is 32.1. The number of aryl methyl sites for hydroxylation is 1. The molecule has 3 heterocycles. The molecule has 0 unspecified atom stereocenters. The van der Waals surface area contributed by atoms with Crippen molar-refractivity contribution in [3.63, 3.8) is 0 Å². The number of anilines is 1. The molecule has 0 bridgehead atoms. The summed E-state index contributed by atoms with van der Waals surface area (Å²) in [4.78, 5) is 25.2. The van der Waals surface area contributed by atoms with Crippen molar-refractivity contribution in [1.29, 1.82) is 0 Å². The van der Waals surface area contributed by atoms with Crippen molar-refractivity contribution in [2.75, 3.05) is 31.1 Å². The van der Waals surface area contributed by atoms with Crippen LogP contribution >= 0.6 is 11.3 Å². The maximum Gasteiger partial charge on any atom is 0.226 e. The first-order chi connectivity index (χ1) is 13.7. The average molecular weight is 401 g/mol. The van der Waals surface area contributed by atoms with E-state index in [1.807, 2.05) is 10.3 Å². The van der Waals surface area contributed by atoms with Gasteiger partial charge in [0, 0.05) is 56.2 Å². The average Bonchev–Trinajstić information content (AvgIpc) is 3.41. The van der Waals surface area contributed by atoms with Crippen LogP contribution in [0.15, 0.2) is 40.4 Å². The number of halogens is 1. The van der Waals surface area contributed by atoms with Gasteiger partial charge in [0.1, 0.15) is 5.82 Å². The summed E-state index contributed by atoms with van der Waals surface area (Å²) in [5, 5.41) is 6.90. The van der Waals surface area contributed by atoms with E-state index in [0.717, 1.165) is 18.2 Å². The Morgan fingerprint density at radius 3 is 2.68 bits per heavy atom. The van der Waals surface area contributed by atoms with Gasteiger partial charge in [0.25, 0.3) is 0 Å². The minimum atomic E-state index is -0.307. The van der Waals surface area contributed by atoms with E-state index in [1.54, 1.807) is 29.7 Å². The molecule has 0 N–H and O–H groups in total. The van der Waals surface area contributed by atoms with Crippen molar-refractivity contribution in [3.8, 4) is 11.4 Å². The summed E-state index contributed by atoms with van der Waals surface area (Å²) in [6, 6.07) is 5.94. The molecule has 1 aliphatic heterocycles. The van der Waals surface area contributed by atoms with E-state index >= 15 is 0 Å². The molecule has 0 atom stereocenters. The predicted octanol–water partition coefficient (Wildman–Crippen LogP) is 3.00. The number of piperazine rings is 1. The fraction of sp³-hybridized carbons (Fsp3) is 0.368. The third-order valence-electron chi connectivity index (χ3n) is 4.67. The van der Waals surface area contributed by atoms with Gasteiger partial charge in [-0.3, -0.25) is 4.79 Å². The van der Waals surface area contributed by atoms with Crippen molar-refractivity contribution < 1.29 is 13.7 Å². The van der Waals surface area contributed by atoms with Gasteiger partial charge in [-0.25, -0.2) is 9.37 Å². The van der Waals surface area contributed by atoms with Gasteiger partial charge >= 0.3 is 0 Å². The summed E-state index contributed by atoms with van der Waals surface area (Å²) in [7, 11) is 0. The Balaban J connectivity index is 1.22. The summed E-state index contributed by atoms with van der Waals surface area (Å²) in [5.74, 6) is 0.760. The number of hydrogen-bond donors (Lipinski definition) is 0. The highest BCUT2D eigenvalue weighted by Gasteiger charge is 2.22. The molecule has 28 heavy (non-hydrogen) atoms. The van der Waals surface area contributed by atoms with Crippen LogP contribution < -0.4 is 4.90 Å². The number of hydrogen-bond acceptors (Lipinski definition) is 7. The summed E-state index contributed by atoms with van der Waals surface area (Å²) >= 11 is 1.62. The second kappa shape index (κ2) is 8.47. The number of thiazole rings is 1. The molecule has 1 saturated heterocycles. The largest absolute Gasteiger partial charge is 0.345 e. The zero-order valence-corrected chi connectivity index (χ0v) is 16.1. The monoisotopic (exact) mass is 401 g/mol. The molecular weight excluding hydrogens is 381 g/mol. The highest BCUT2D eigenvalue weighted by Crippen LogP contribution is 2.20. The van der Waals surface area contributed by atoms with Crippen molar-refractivity contribution in [2.45, 2.75) is 19.3 Å². The molecule has 1 aliphatic rings. The van der Waals surface area contributed by atoms with Gasteiger partial charge in [-0.15, -0.1) is 11.3 Å². The van der Waals surface area contributed by atoms with Crippen molar-refractivity contribution in [3.05, 3.63) is 47.6 Å². The Morgan fingerprint density at radius 1 is 1.18 bits per heavy atom. The van der Waals surface area contributed by atoms with Crippen LogP contribution in [0.5, 0.6) is 0 Å². The third-order valence-corrected chi connectivity index (χ3v) is 5.51. The molecule has 7 nitrogen and oxygen atoms in total. The van der Waals surface area contributed by atoms with E-state index in [-0.39, 0.29) is 11.7 Å². The first-order valence-corrected chi connectivity index (χ1v) is 10.1. The Bertz CT molecular complexity index is 905. The van der Waals surface area contributed by atoms with Gasteiger partial charge in [0.2, 0.25) is 17.6 Å². The normalized spacial score (nSPS) is 14.5. The fourth-order valence-electron chi connectivity index (χ4n) is 3.14. The molecule has 0 saturated carbocycles. The Labute approximate surface area is 165 Å². The van der Waals surface area contributed by atoms with Crippen LogP contribution in [0.25, 0.3) is 11.4 Å². The van der Waals surface area contributed by atoms with Crippen LogP contribution in [0.2, 0.25) is 0 Å². The molecule has 2 aromatic heterocycles. The van der Waals surface area contributed by atoms with E-state index in [2.05, 4.69) is 20.0 Å². The van der Waals surface area contributed by atoms with Crippen LogP contribution in [0.4, 0.5) is 9.52 Å². The summed E-state index contributed by atoms with van der Waals surface area (Å²) < 4.78 is 18.2. The Morgan fingerprint density at radius 2 is 1.96 bits per heavy atom. The highest BCUT2D eigenvalue weighted by molar-refractivity contribution is 7.13. The lowest BCUT2D eigenvalue weighted by Gasteiger charge is -2.34. The zero-order valence-electron chi connectivity index (χ0n) is 15.3. The number of nitrogens with zero attached hydrogens (tertiary/aromatic N) is 5. The van der Waals surface area contributed by atoms with Gasteiger partial charge in [0.15, 0.2) is 5.13 Å². The number of carbonyl (C=O) groups is 1. The smallest absolute Gasteiger partial charge is 0.226 e. The van der Waals surface area contributed by atoms with Crippen LogP contribution in [0.1, 0.15) is 18.7 Å². The number of carbonyl (C=O) groups excluding carboxylic acids is 1. The minimum absolute atomic E-state index is 0.150. The maximum atomic E-state index is 13.0. The van der Waals surface area contributed by atoms with Crippen LogP contribution in [-0.4, -0.2) is 52.1 Å². The summed E-state index contributed by atoms with van der Waals surface area (Å²) in [6.07, 6.45) is 3.44. The molecule has 9 heteroatoms. The molecule has 1 amide bonds. The van der Waals surface area contributed by atoms with Crippen molar-refractivity contribution >= 4 is 22.4 Å². The van der Waals surface area contributed by atoms with E-state index in [0.29, 0.717) is 49.6 Å². The lowest BCUT2D eigenvalue weighted by atomic mass is 10.2. The topological polar surface area (TPSA) is 75.4 Å².